The van der Waals surface area contributed by atoms with Crippen molar-refractivity contribution in [3.63, 3.8) is 0 Å². The highest BCUT2D eigenvalue weighted by molar-refractivity contribution is 6.05. The number of carbonyl (C=O) groups is 2. The van der Waals surface area contributed by atoms with Gasteiger partial charge in [-0.1, -0.05) is 0 Å². The Balaban J connectivity index is 2.96. The van der Waals surface area contributed by atoms with Gasteiger partial charge in [0.2, 0.25) is 0 Å². The summed E-state index contributed by atoms with van der Waals surface area (Å²) in [7, 11) is 0. The van der Waals surface area contributed by atoms with Gasteiger partial charge in [-0.25, -0.2) is 0 Å². The molecule has 1 aliphatic rings. The lowest BCUT2D eigenvalue weighted by molar-refractivity contribution is -0.105. The van der Waals surface area contributed by atoms with Crippen LogP contribution in [-0.4, -0.2) is 18.3 Å². The van der Waals surface area contributed by atoms with Crippen LogP contribution in [-0.2, 0) is 9.59 Å². The minimum absolute atomic E-state index is 0.303. The van der Waals surface area contributed by atoms with Gasteiger partial charge < -0.3 is 5.41 Å². The summed E-state index contributed by atoms with van der Waals surface area (Å²) in [6.07, 6.45) is 4.60. The highest BCUT2D eigenvalue weighted by atomic mass is 16.1. The van der Waals surface area contributed by atoms with Crippen molar-refractivity contribution in [2.45, 2.75) is 6.42 Å². The second-order valence-electron chi connectivity index (χ2n) is 2.30. The van der Waals surface area contributed by atoms with Crippen LogP contribution in [0.2, 0.25) is 0 Å². The van der Waals surface area contributed by atoms with E-state index in [1.165, 1.54) is 12.2 Å². The van der Waals surface area contributed by atoms with Crippen molar-refractivity contribution in [2.75, 3.05) is 0 Å². The Morgan fingerprint density at radius 1 is 1.27 bits per heavy atom. The van der Waals surface area contributed by atoms with Gasteiger partial charge in [-0.2, -0.15) is 0 Å². The van der Waals surface area contributed by atoms with Crippen molar-refractivity contribution >= 4 is 18.3 Å². The molecule has 0 unspecified atom stereocenters. The van der Waals surface area contributed by atoms with Crippen LogP contribution in [0, 0.1) is 5.41 Å². The van der Waals surface area contributed by atoms with Crippen molar-refractivity contribution in [2.24, 2.45) is 0 Å². The minimum Gasteiger partial charge on any atom is -0.305 e. The molecule has 0 bridgehead atoms. The molecule has 3 heteroatoms. The fourth-order valence-corrected chi connectivity index (χ4v) is 0.923. The number of allylic oxidation sites excluding steroid dienone is 4. The molecule has 1 rings (SSSR count). The van der Waals surface area contributed by atoms with Gasteiger partial charge in [0.1, 0.15) is 12.6 Å². The zero-order valence-corrected chi connectivity index (χ0v) is 5.83. The highest BCUT2D eigenvalue weighted by Gasteiger charge is 2.07. The minimum atomic E-state index is 0.303. The molecule has 1 N–H and O–H groups in total. The SMILES string of the molecule is N=C1C=C(C=O)C=C(C=O)C1. The molecule has 0 radical (unpaired) electrons. The summed E-state index contributed by atoms with van der Waals surface area (Å²) in [4.78, 5) is 20.5. The summed E-state index contributed by atoms with van der Waals surface area (Å²) < 4.78 is 0. The van der Waals surface area contributed by atoms with Crippen LogP contribution < -0.4 is 0 Å². The molecule has 0 saturated heterocycles. The Kier molecular flexibility index (Phi) is 2.11. The Labute approximate surface area is 63.9 Å². The van der Waals surface area contributed by atoms with E-state index in [1.54, 1.807) is 0 Å². The summed E-state index contributed by atoms with van der Waals surface area (Å²) in [5, 5.41) is 7.22. The van der Waals surface area contributed by atoms with Crippen LogP contribution in [0.1, 0.15) is 6.42 Å². The lowest BCUT2D eigenvalue weighted by Crippen LogP contribution is -2.03. The van der Waals surface area contributed by atoms with Crippen molar-refractivity contribution in [1.82, 2.24) is 0 Å². The summed E-state index contributed by atoms with van der Waals surface area (Å²) in [5.74, 6) is 0. The van der Waals surface area contributed by atoms with E-state index in [0.29, 0.717) is 35.9 Å². The molecule has 0 saturated carbocycles. The Morgan fingerprint density at radius 2 is 2.00 bits per heavy atom. The van der Waals surface area contributed by atoms with E-state index in [-0.39, 0.29) is 0 Å². The standard InChI is InChI=1S/C8H7NO2/c9-8-2-6(4-10)1-7(3-8)5-11/h1-2,4-5,9H,3H2. The fourth-order valence-electron chi connectivity index (χ4n) is 0.923. The summed E-state index contributed by atoms with van der Waals surface area (Å²) in [5.41, 5.74) is 1.18. The highest BCUT2D eigenvalue weighted by Crippen LogP contribution is 2.11. The molecule has 11 heavy (non-hydrogen) atoms. The zero-order valence-electron chi connectivity index (χ0n) is 5.83. The normalized spacial score (nSPS) is 16.9. The van der Waals surface area contributed by atoms with Gasteiger partial charge in [-0.05, 0) is 17.7 Å². The summed E-state index contributed by atoms with van der Waals surface area (Å²) in [6.45, 7) is 0. The van der Waals surface area contributed by atoms with Gasteiger partial charge in [-0.3, -0.25) is 9.59 Å². The third kappa shape index (κ3) is 1.70. The zero-order chi connectivity index (χ0) is 8.27. The third-order valence-electron chi connectivity index (χ3n) is 1.37. The van der Waals surface area contributed by atoms with Crippen LogP contribution in [0.5, 0.6) is 0 Å². The molecule has 3 nitrogen and oxygen atoms in total. The predicted molar refractivity (Wildman–Crippen MR) is 40.6 cm³/mol. The maximum atomic E-state index is 10.3. The van der Waals surface area contributed by atoms with Crippen molar-refractivity contribution in [3.05, 3.63) is 23.3 Å². The lowest BCUT2D eigenvalue weighted by atomic mass is 10.00. The monoisotopic (exact) mass is 149 g/mol. The lowest BCUT2D eigenvalue weighted by Gasteiger charge is -2.04. The van der Waals surface area contributed by atoms with E-state index < -0.39 is 0 Å². The topological polar surface area (TPSA) is 58.0 Å². The number of aldehydes is 2. The molecule has 0 fully saturated rings. The smallest absolute Gasteiger partial charge is 0.150 e. The second-order valence-corrected chi connectivity index (χ2v) is 2.30. The molecular formula is C8H7NO2. The van der Waals surface area contributed by atoms with E-state index in [4.69, 9.17) is 5.41 Å². The largest absolute Gasteiger partial charge is 0.305 e. The molecule has 0 aliphatic heterocycles. The molecule has 0 atom stereocenters. The van der Waals surface area contributed by atoms with E-state index in [9.17, 15) is 9.59 Å². The van der Waals surface area contributed by atoms with E-state index in [2.05, 4.69) is 0 Å². The molecule has 0 amide bonds. The van der Waals surface area contributed by atoms with Crippen LogP contribution in [0.15, 0.2) is 23.3 Å². The van der Waals surface area contributed by atoms with E-state index >= 15 is 0 Å². The first kappa shape index (κ1) is 7.60. The van der Waals surface area contributed by atoms with Crippen molar-refractivity contribution in [3.8, 4) is 0 Å². The van der Waals surface area contributed by atoms with Crippen LogP contribution >= 0.6 is 0 Å². The van der Waals surface area contributed by atoms with Crippen molar-refractivity contribution in [1.29, 1.82) is 5.41 Å². The fraction of sp³-hybridized carbons (Fsp3) is 0.125. The molecule has 0 spiro atoms. The maximum Gasteiger partial charge on any atom is 0.150 e. The summed E-state index contributed by atoms with van der Waals surface area (Å²) >= 11 is 0. The molecule has 56 valence electrons. The van der Waals surface area contributed by atoms with Crippen molar-refractivity contribution < 1.29 is 9.59 Å². The van der Waals surface area contributed by atoms with Gasteiger partial charge in [0, 0.05) is 17.7 Å². The number of rotatable bonds is 2. The molecular weight excluding hydrogens is 142 g/mol. The van der Waals surface area contributed by atoms with Crippen LogP contribution in [0.4, 0.5) is 0 Å². The molecule has 0 aromatic carbocycles. The first-order chi connectivity index (χ1) is 5.26. The molecule has 0 aromatic heterocycles. The second kappa shape index (κ2) is 3.05. The Hall–Kier alpha value is -1.51. The predicted octanol–water partition coefficient (Wildman–Crippen LogP) is 0.660. The average molecular weight is 149 g/mol. The Bertz CT molecular complexity index is 274. The molecule has 1 aliphatic carbocycles. The van der Waals surface area contributed by atoms with Gasteiger partial charge >= 0.3 is 0 Å². The maximum absolute atomic E-state index is 10.3. The number of hydrogen-bond donors (Lipinski definition) is 1. The summed E-state index contributed by atoms with van der Waals surface area (Å²) in [6, 6.07) is 0. The number of carbonyl (C=O) groups excluding carboxylic acids is 2. The number of hydrogen-bond acceptors (Lipinski definition) is 3. The quantitative estimate of drug-likeness (QED) is 0.586. The average Bonchev–Trinajstić information content (AvgIpc) is 2.03. The first-order valence-corrected chi connectivity index (χ1v) is 3.16. The van der Waals surface area contributed by atoms with Gasteiger partial charge in [0.25, 0.3) is 0 Å². The number of nitrogens with one attached hydrogen (secondary N) is 1. The van der Waals surface area contributed by atoms with Gasteiger partial charge in [-0.15, -0.1) is 0 Å². The van der Waals surface area contributed by atoms with Crippen LogP contribution in [0.3, 0.4) is 0 Å². The van der Waals surface area contributed by atoms with Crippen LogP contribution in [0.25, 0.3) is 0 Å². The van der Waals surface area contributed by atoms with Gasteiger partial charge in [0.15, 0.2) is 0 Å². The van der Waals surface area contributed by atoms with E-state index in [1.807, 2.05) is 0 Å². The Morgan fingerprint density at radius 3 is 2.55 bits per heavy atom. The van der Waals surface area contributed by atoms with Gasteiger partial charge in [0.05, 0.1) is 0 Å². The molecule has 0 heterocycles. The molecule has 0 aromatic rings. The third-order valence-corrected chi connectivity index (χ3v) is 1.37. The first-order valence-electron chi connectivity index (χ1n) is 3.16. The van der Waals surface area contributed by atoms with E-state index in [0.717, 1.165) is 0 Å².